The largest absolute Gasteiger partial charge is 1.00 e. The third-order valence-electron chi connectivity index (χ3n) is 5.65. The van der Waals surface area contributed by atoms with Crippen LogP contribution in [0.2, 0.25) is 0 Å². The Hall–Kier alpha value is -1.67. The summed E-state index contributed by atoms with van der Waals surface area (Å²) in [7, 11) is 0. The van der Waals surface area contributed by atoms with Gasteiger partial charge in [-0.05, 0) is 57.2 Å². The first-order valence-electron chi connectivity index (χ1n) is 9.50. The molecule has 1 fully saturated rings. The van der Waals surface area contributed by atoms with Crippen molar-refractivity contribution in [2.45, 2.75) is 20.8 Å². The Kier molecular flexibility index (Phi) is 7.61. The van der Waals surface area contributed by atoms with E-state index in [2.05, 4.69) is 41.2 Å². The van der Waals surface area contributed by atoms with Crippen molar-refractivity contribution in [1.82, 2.24) is 4.98 Å². The number of quaternary nitrogens is 1. The molecule has 2 heterocycles. The van der Waals surface area contributed by atoms with Crippen LogP contribution in [0.25, 0.3) is 0 Å². The molecule has 1 aromatic carbocycles. The number of carbonyl (C=O) groups excluding carboxylic acids is 1. The van der Waals surface area contributed by atoms with Gasteiger partial charge in [0.15, 0.2) is 0 Å². The van der Waals surface area contributed by atoms with Crippen LogP contribution >= 0.6 is 0 Å². The Morgan fingerprint density at radius 1 is 1.07 bits per heavy atom. The van der Waals surface area contributed by atoms with Crippen molar-refractivity contribution in [3.8, 4) is 0 Å². The van der Waals surface area contributed by atoms with Crippen molar-refractivity contribution >= 4 is 17.4 Å². The minimum Gasteiger partial charge on any atom is -1.00 e. The number of piperazine rings is 1. The smallest absolute Gasteiger partial charge is 0.256 e. The summed E-state index contributed by atoms with van der Waals surface area (Å²) in [5, 5.41) is 2.86. The number of nitrogens with one attached hydrogen (secondary N) is 1. The molecular weight excluding hydrogens is 451 g/mol. The van der Waals surface area contributed by atoms with E-state index in [4.69, 9.17) is 0 Å². The number of anilines is 2. The summed E-state index contributed by atoms with van der Waals surface area (Å²) in [6.07, 6.45) is 0. The lowest BCUT2D eigenvalue weighted by Crippen LogP contribution is -3.00. The van der Waals surface area contributed by atoms with Crippen LogP contribution in [-0.4, -0.2) is 54.6 Å². The van der Waals surface area contributed by atoms with Gasteiger partial charge in [0.05, 0.1) is 39.3 Å². The summed E-state index contributed by atoms with van der Waals surface area (Å²) in [4.78, 5) is 19.1. The number of amides is 1. The number of aryl methyl sites for hydroxylation is 1. The number of pyridine rings is 1. The standard InChI is InChI=1S/C21H28N4O.HI/c1-4-25(5-2)15-13-24(14-16-25)19-11-9-18(10-12-19)21(26)23-20-8-6-7-17(3)22-20;/h6-12H,4-5,13-16H2,1-3H3;1H. The molecule has 0 atom stereocenters. The first-order valence-corrected chi connectivity index (χ1v) is 9.50. The summed E-state index contributed by atoms with van der Waals surface area (Å²) in [5.74, 6) is 0.462. The Labute approximate surface area is 179 Å². The van der Waals surface area contributed by atoms with Crippen molar-refractivity contribution in [3.05, 3.63) is 53.7 Å². The third kappa shape index (κ3) is 5.19. The minimum atomic E-state index is -0.124. The topological polar surface area (TPSA) is 45.2 Å². The fourth-order valence-electron chi connectivity index (χ4n) is 3.63. The van der Waals surface area contributed by atoms with E-state index < -0.39 is 0 Å². The zero-order valence-corrected chi connectivity index (χ0v) is 18.6. The van der Waals surface area contributed by atoms with Gasteiger partial charge in [-0.2, -0.15) is 0 Å². The molecule has 1 N–H and O–H groups in total. The molecule has 0 aliphatic carbocycles. The quantitative estimate of drug-likeness (QED) is 0.496. The van der Waals surface area contributed by atoms with E-state index in [0.29, 0.717) is 11.4 Å². The summed E-state index contributed by atoms with van der Waals surface area (Å²) < 4.78 is 1.21. The minimum absolute atomic E-state index is 0. The van der Waals surface area contributed by atoms with E-state index in [1.165, 1.54) is 36.3 Å². The van der Waals surface area contributed by atoms with Gasteiger partial charge in [-0.3, -0.25) is 4.79 Å². The molecule has 0 bridgehead atoms. The summed E-state index contributed by atoms with van der Waals surface area (Å²) in [5.41, 5.74) is 2.73. The SMILES string of the molecule is CC[N+]1(CC)CCN(c2ccc(C(=O)Nc3cccc(C)n3)cc2)CC1.[I-]. The van der Waals surface area contributed by atoms with Crippen LogP contribution in [0.5, 0.6) is 0 Å². The average molecular weight is 480 g/mol. The van der Waals surface area contributed by atoms with Crippen molar-refractivity contribution in [1.29, 1.82) is 0 Å². The lowest BCUT2D eigenvalue weighted by Gasteiger charge is -2.44. The van der Waals surface area contributed by atoms with Crippen molar-refractivity contribution in [3.63, 3.8) is 0 Å². The van der Waals surface area contributed by atoms with Gasteiger partial charge in [0.1, 0.15) is 5.82 Å². The van der Waals surface area contributed by atoms with Gasteiger partial charge in [0, 0.05) is 16.9 Å². The second-order valence-electron chi connectivity index (χ2n) is 7.07. The molecule has 5 nitrogen and oxygen atoms in total. The molecular formula is C21H29IN4O. The number of likely N-dealkylation sites (N-methyl/N-ethyl adjacent to an activating group) is 1. The molecule has 146 valence electrons. The highest BCUT2D eigenvalue weighted by Gasteiger charge is 2.29. The number of hydrogen-bond acceptors (Lipinski definition) is 3. The number of aromatic nitrogens is 1. The maximum atomic E-state index is 12.4. The third-order valence-corrected chi connectivity index (χ3v) is 5.65. The summed E-state index contributed by atoms with van der Waals surface area (Å²) >= 11 is 0. The van der Waals surface area contributed by atoms with E-state index in [-0.39, 0.29) is 29.9 Å². The number of carbonyl (C=O) groups is 1. The van der Waals surface area contributed by atoms with Crippen LogP contribution in [0.1, 0.15) is 29.9 Å². The zero-order chi connectivity index (χ0) is 18.6. The molecule has 1 aliphatic rings. The monoisotopic (exact) mass is 480 g/mol. The van der Waals surface area contributed by atoms with Crippen LogP contribution in [0.3, 0.4) is 0 Å². The first-order chi connectivity index (χ1) is 12.5. The molecule has 0 unspecified atom stereocenters. The number of hydrogen-bond donors (Lipinski definition) is 1. The number of nitrogens with zero attached hydrogens (tertiary/aromatic N) is 3. The van der Waals surface area contributed by atoms with E-state index in [9.17, 15) is 4.79 Å². The molecule has 0 spiro atoms. The van der Waals surface area contributed by atoms with Crippen LogP contribution in [0.15, 0.2) is 42.5 Å². The van der Waals surface area contributed by atoms with Crippen LogP contribution in [-0.2, 0) is 0 Å². The molecule has 27 heavy (non-hydrogen) atoms. The second kappa shape index (κ2) is 9.50. The molecule has 0 saturated carbocycles. The maximum Gasteiger partial charge on any atom is 0.256 e. The van der Waals surface area contributed by atoms with Crippen molar-refractivity contribution in [2.24, 2.45) is 0 Å². The molecule has 3 rings (SSSR count). The van der Waals surface area contributed by atoms with Crippen molar-refractivity contribution < 1.29 is 33.3 Å². The van der Waals surface area contributed by atoms with Crippen LogP contribution in [0, 0.1) is 6.92 Å². The number of benzene rings is 1. The lowest BCUT2D eigenvalue weighted by atomic mass is 10.1. The van der Waals surface area contributed by atoms with Gasteiger partial charge in [0.2, 0.25) is 0 Å². The van der Waals surface area contributed by atoms with Crippen molar-refractivity contribution in [2.75, 3.05) is 49.5 Å². The molecule has 6 heteroatoms. The highest BCUT2D eigenvalue weighted by molar-refractivity contribution is 6.03. The van der Waals surface area contributed by atoms with Gasteiger partial charge < -0.3 is 38.7 Å². The predicted molar refractivity (Wildman–Crippen MR) is 107 cm³/mol. The molecule has 1 aromatic heterocycles. The van der Waals surface area contributed by atoms with Gasteiger partial charge in [-0.1, -0.05) is 6.07 Å². The van der Waals surface area contributed by atoms with Gasteiger partial charge >= 0.3 is 0 Å². The zero-order valence-electron chi connectivity index (χ0n) is 16.4. The highest BCUT2D eigenvalue weighted by atomic mass is 127. The predicted octanol–water partition coefficient (Wildman–Crippen LogP) is 0.323. The average Bonchev–Trinajstić information content (AvgIpc) is 2.68. The molecule has 1 saturated heterocycles. The van der Waals surface area contributed by atoms with Gasteiger partial charge in [0.25, 0.3) is 5.91 Å². The lowest BCUT2D eigenvalue weighted by molar-refractivity contribution is -0.925. The number of rotatable bonds is 5. The summed E-state index contributed by atoms with van der Waals surface area (Å²) in [6.45, 7) is 13.4. The van der Waals surface area contributed by atoms with Gasteiger partial charge in [-0.15, -0.1) is 0 Å². The van der Waals surface area contributed by atoms with Crippen LogP contribution < -0.4 is 34.2 Å². The number of halogens is 1. The molecule has 1 amide bonds. The van der Waals surface area contributed by atoms with E-state index in [1.54, 1.807) is 6.07 Å². The second-order valence-corrected chi connectivity index (χ2v) is 7.07. The Morgan fingerprint density at radius 2 is 1.70 bits per heavy atom. The highest BCUT2D eigenvalue weighted by Crippen LogP contribution is 2.21. The van der Waals surface area contributed by atoms with E-state index >= 15 is 0 Å². The molecule has 0 radical (unpaired) electrons. The van der Waals surface area contributed by atoms with Gasteiger partial charge in [-0.25, -0.2) is 4.98 Å². The molecule has 2 aromatic rings. The molecule has 1 aliphatic heterocycles. The Balaban J connectivity index is 0.00000261. The van der Waals surface area contributed by atoms with Crippen LogP contribution in [0.4, 0.5) is 11.5 Å². The summed E-state index contributed by atoms with van der Waals surface area (Å²) in [6, 6.07) is 13.5. The Morgan fingerprint density at radius 3 is 2.26 bits per heavy atom. The van der Waals surface area contributed by atoms with E-state index in [1.807, 2.05) is 31.2 Å². The fraction of sp³-hybridized carbons (Fsp3) is 0.429. The Bertz CT molecular complexity index is 749. The normalized spacial score (nSPS) is 15.7. The maximum absolute atomic E-state index is 12.4. The van der Waals surface area contributed by atoms with E-state index in [0.717, 1.165) is 18.8 Å². The first kappa shape index (κ1) is 21.6. The fourth-order valence-corrected chi connectivity index (χ4v) is 3.63.